The number of sulfonamides is 1. The van der Waals surface area contributed by atoms with Crippen LogP contribution in [0.2, 0.25) is 0 Å². The van der Waals surface area contributed by atoms with Crippen LogP contribution in [0, 0.1) is 11.8 Å². The van der Waals surface area contributed by atoms with Gasteiger partial charge >= 0.3 is 6.18 Å². The summed E-state index contributed by atoms with van der Waals surface area (Å²) in [5.74, 6) is -7.25. The zero-order chi connectivity index (χ0) is 26.0. The van der Waals surface area contributed by atoms with Crippen molar-refractivity contribution in [1.29, 1.82) is 0 Å². The molecular weight excluding hydrogens is 505 g/mol. The van der Waals surface area contributed by atoms with E-state index < -0.39 is 62.8 Å². The fourth-order valence-corrected chi connectivity index (χ4v) is 7.22. The van der Waals surface area contributed by atoms with E-state index in [1.54, 1.807) is 0 Å². The number of alkyl halides is 7. The number of rotatable bonds is 5. The Hall–Kier alpha value is -1.76. The molecule has 0 spiro atoms. The minimum absolute atomic E-state index is 0.160. The molecule has 13 heteroatoms. The van der Waals surface area contributed by atoms with E-state index in [4.69, 9.17) is 4.74 Å². The molecule has 0 radical (unpaired) electrons. The van der Waals surface area contributed by atoms with Gasteiger partial charge in [0, 0.05) is 44.0 Å². The number of halogens is 7. The lowest BCUT2D eigenvalue weighted by atomic mass is 10.0. The van der Waals surface area contributed by atoms with Gasteiger partial charge in [-0.2, -0.15) is 13.2 Å². The molecule has 2 saturated carbocycles. The van der Waals surface area contributed by atoms with Gasteiger partial charge in [-0.1, -0.05) is 0 Å². The van der Waals surface area contributed by atoms with Crippen LogP contribution in [0.1, 0.15) is 51.0 Å². The third-order valence-corrected chi connectivity index (χ3v) is 8.78. The topological polar surface area (TPSA) is 58.6 Å². The lowest BCUT2D eigenvalue weighted by molar-refractivity contribution is -0.138. The largest absolute Gasteiger partial charge is 0.496 e. The molecule has 198 valence electrons. The number of benzene rings is 1. The van der Waals surface area contributed by atoms with E-state index in [1.165, 1.54) is 4.90 Å². The second-order valence-corrected chi connectivity index (χ2v) is 11.7. The molecule has 1 aromatic carbocycles. The van der Waals surface area contributed by atoms with E-state index >= 15 is 0 Å². The summed E-state index contributed by atoms with van der Waals surface area (Å²) in [6.07, 6.45) is -5.89. The molecule has 0 bridgehead atoms. The fourth-order valence-electron chi connectivity index (χ4n) is 5.74. The van der Waals surface area contributed by atoms with Crippen LogP contribution >= 0.6 is 0 Å². The summed E-state index contributed by atoms with van der Waals surface area (Å²) in [4.78, 5) is 1.02. The summed E-state index contributed by atoms with van der Waals surface area (Å²) in [6.45, 7) is 0.538. The van der Waals surface area contributed by atoms with Gasteiger partial charge in [0.2, 0.25) is 21.9 Å². The number of hydrogen-bond donors (Lipinski definition) is 1. The number of methoxy groups -OCH3 is 1. The standard InChI is InChI=1S/C22H27F7N2O3S/c1-20(23,24)4-3-14-11-31(15-5-12-9-21(25,26)10-13(12)6-15)17-7-16(22(27,28)29)18(34-2)8-19(17)35(32,33)30-14/h7-8,12-15,30H,3-6,9-11H2,1-2H3/t12?,13?,14-,15?/m1/s1. The van der Waals surface area contributed by atoms with Crippen LogP contribution in [0.25, 0.3) is 0 Å². The number of fused-ring (bicyclic) bond motifs is 2. The van der Waals surface area contributed by atoms with Crippen molar-refractivity contribution in [1.82, 2.24) is 4.72 Å². The van der Waals surface area contributed by atoms with E-state index in [1.807, 2.05) is 0 Å². The molecule has 2 unspecified atom stereocenters. The first-order chi connectivity index (χ1) is 16.0. The third kappa shape index (κ3) is 5.50. The van der Waals surface area contributed by atoms with Crippen molar-refractivity contribution >= 4 is 15.7 Å². The quantitative estimate of drug-likeness (QED) is 0.514. The Kier molecular flexibility index (Phi) is 6.52. The normalized spacial score (nSPS) is 30.0. The average molecular weight is 533 g/mol. The van der Waals surface area contributed by atoms with E-state index in [9.17, 15) is 39.2 Å². The summed E-state index contributed by atoms with van der Waals surface area (Å²) in [7, 11) is -3.41. The van der Waals surface area contributed by atoms with Gasteiger partial charge in [-0.15, -0.1) is 0 Å². The minimum Gasteiger partial charge on any atom is -0.496 e. The SMILES string of the molecule is COc1cc2c(cc1C(F)(F)F)N(C1CC3CC(F)(F)CC3C1)C[C@@H](CCC(C)(F)F)NS2(=O)=O. The first kappa shape index (κ1) is 26.3. The molecule has 5 nitrogen and oxygen atoms in total. The van der Waals surface area contributed by atoms with Crippen molar-refractivity contribution in [2.45, 2.75) is 80.4 Å². The van der Waals surface area contributed by atoms with Crippen LogP contribution in [0.5, 0.6) is 5.75 Å². The average Bonchev–Trinajstić information content (AvgIpc) is 3.17. The summed E-state index contributed by atoms with van der Waals surface area (Å²) < 4.78 is 130. The minimum atomic E-state index is -4.85. The van der Waals surface area contributed by atoms with Gasteiger partial charge in [0.05, 0.1) is 18.4 Å². The van der Waals surface area contributed by atoms with Crippen LogP contribution in [-0.2, 0) is 16.2 Å². The maximum absolute atomic E-state index is 13.9. The highest BCUT2D eigenvalue weighted by Gasteiger charge is 2.52. The molecule has 3 aliphatic rings. The van der Waals surface area contributed by atoms with Crippen molar-refractivity contribution in [3.8, 4) is 5.75 Å². The lowest BCUT2D eigenvalue weighted by Gasteiger charge is -2.34. The molecule has 1 heterocycles. The smallest absolute Gasteiger partial charge is 0.420 e. The molecule has 2 fully saturated rings. The van der Waals surface area contributed by atoms with Crippen molar-refractivity contribution in [3.05, 3.63) is 17.7 Å². The summed E-state index contributed by atoms with van der Waals surface area (Å²) in [6, 6.07) is -0.0317. The first-order valence-electron chi connectivity index (χ1n) is 11.3. The van der Waals surface area contributed by atoms with Gasteiger partial charge in [0.1, 0.15) is 10.6 Å². The van der Waals surface area contributed by atoms with Gasteiger partial charge in [-0.05, 0) is 44.1 Å². The Bertz CT molecular complexity index is 1060. The summed E-state index contributed by atoms with van der Waals surface area (Å²) >= 11 is 0. The van der Waals surface area contributed by atoms with E-state index in [0.717, 1.165) is 13.2 Å². The second-order valence-electron chi connectivity index (χ2n) is 10.0. The second kappa shape index (κ2) is 8.67. The van der Waals surface area contributed by atoms with E-state index in [2.05, 4.69) is 4.72 Å². The maximum Gasteiger partial charge on any atom is 0.420 e. The number of nitrogens with zero attached hydrogens (tertiary/aromatic N) is 1. The first-order valence-corrected chi connectivity index (χ1v) is 12.8. The Morgan fingerprint density at radius 2 is 1.71 bits per heavy atom. The van der Waals surface area contributed by atoms with Gasteiger partial charge in [-0.3, -0.25) is 0 Å². The molecule has 0 saturated heterocycles. The third-order valence-electron chi connectivity index (χ3n) is 7.23. The predicted molar refractivity (Wildman–Crippen MR) is 113 cm³/mol. The molecule has 1 N–H and O–H groups in total. The number of hydrogen-bond acceptors (Lipinski definition) is 4. The van der Waals surface area contributed by atoms with E-state index in [0.29, 0.717) is 13.0 Å². The Morgan fingerprint density at radius 3 is 2.23 bits per heavy atom. The van der Waals surface area contributed by atoms with Gasteiger partial charge < -0.3 is 9.64 Å². The van der Waals surface area contributed by atoms with Gasteiger partial charge in [0.15, 0.2) is 0 Å². The fraction of sp³-hybridized carbons (Fsp3) is 0.727. The van der Waals surface area contributed by atoms with Crippen LogP contribution < -0.4 is 14.4 Å². The molecule has 0 amide bonds. The predicted octanol–water partition coefficient (Wildman–Crippen LogP) is 5.44. The van der Waals surface area contributed by atoms with Crippen LogP contribution in [0.4, 0.5) is 36.4 Å². The lowest BCUT2D eigenvalue weighted by Crippen LogP contribution is -2.44. The Morgan fingerprint density at radius 1 is 1.11 bits per heavy atom. The van der Waals surface area contributed by atoms with Gasteiger partial charge in [0.25, 0.3) is 0 Å². The monoisotopic (exact) mass is 532 g/mol. The van der Waals surface area contributed by atoms with Crippen molar-refractivity contribution in [2.24, 2.45) is 11.8 Å². The number of nitrogens with one attached hydrogen (secondary N) is 1. The highest BCUT2D eigenvalue weighted by atomic mass is 32.2. The highest BCUT2D eigenvalue weighted by molar-refractivity contribution is 7.89. The zero-order valence-electron chi connectivity index (χ0n) is 19.1. The maximum atomic E-state index is 13.9. The molecule has 35 heavy (non-hydrogen) atoms. The van der Waals surface area contributed by atoms with Crippen molar-refractivity contribution < 1.29 is 43.9 Å². The molecule has 1 aromatic rings. The van der Waals surface area contributed by atoms with Crippen molar-refractivity contribution in [3.63, 3.8) is 0 Å². The molecule has 1 aliphatic heterocycles. The summed E-state index contributed by atoms with van der Waals surface area (Å²) in [5, 5.41) is 0. The molecule has 3 atom stereocenters. The molecule has 4 rings (SSSR count). The highest BCUT2D eigenvalue weighted by Crippen LogP contribution is 2.53. The molecular formula is C22H27F7N2O3S. The van der Waals surface area contributed by atoms with E-state index in [-0.39, 0.29) is 56.2 Å². The Labute approximate surface area is 199 Å². The van der Waals surface area contributed by atoms with Crippen molar-refractivity contribution in [2.75, 3.05) is 18.6 Å². The van der Waals surface area contributed by atoms with Crippen LogP contribution in [0.15, 0.2) is 17.0 Å². The number of ether oxygens (including phenoxy) is 1. The molecule has 0 aromatic heterocycles. The van der Waals surface area contributed by atoms with Crippen LogP contribution in [-0.4, -0.2) is 46.0 Å². The zero-order valence-corrected chi connectivity index (χ0v) is 20.0. The summed E-state index contributed by atoms with van der Waals surface area (Å²) in [5.41, 5.74) is -1.41. The Balaban J connectivity index is 1.78. The van der Waals surface area contributed by atoms with Gasteiger partial charge in [-0.25, -0.2) is 30.7 Å². The van der Waals surface area contributed by atoms with Crippen LogP contribution in [0.3, 0.4) is 0 Å². The number of anilines is 1. The molecule has 2 aliphatic carbocycles.